The molecule has 2 unspecified atom stereocenters. The number of nitrogens with one attached hydrogen (secondary N) is 1. The van der Waals surface area contributed by atoms with Crippen LogP contribution in [0.25, 0.3) is 0 Å². The van der Waals surface area contributed by atoms with Crippen LogP contribution in [-0.4, -0.2) is 24.1 Å². The molecule has 2 atom stereocenters. The molecule has 6 nitrogen and oxygen atoms in total. The summed E-state index contributed by atoms with van der Waals surface area (Å²) in [6.45, 7) is 3.51. The maximum absolute atomic E-state index is 11.5. The highest BCUT2D eigenvalue weighted by molar-refractivity contribution is 5.95. The van der Waals surface area contributed by atoms with Crippen molar-refractivity contribution in [3.8, 4) is 5.75 Å². The van der Waals surface area contributed by atoms with Gasteiger partial charge in [0.2, 0.25) is 0 Å². The lowest BCUT2D eigenvalue weighted by Crippen LogP contribution is -2.42. The second kappa shape index (κ2) is 7.49. The molecule has 0 aromatic heterocycles. The van der Waals surface area contributed by atoms with Crippen LogP contribution in [-0.2, 0) is 11.2 Å². The Labute approximate surface area is 118 Å². The van der Waals surface area contributed by atoms with Crippen LogP contribution in [0.15, 0.2) is 24.3 Å². The van der Waals surface area contributed by atoms with Gasteiger partial charge in [-0.15, -0.1) is 0 Å². The number of primary amides is 1. The van der Waals surface area contributed by atoms with Crippen LogP contribution >= 0.6 is 0 Å². The van der Waals surface area contributed by atoms with E-state index in [2.05, 4.69) is 0 Å². The fourth-order valence-electron chi connectivity index (χ4n) is 1.61. The zero-order chi connectivity index (χ0) is 15.1. The van der Waals surface area contributed by atoms with Crippen molar-refractivity contribution in [2.45, 2.75) is 38.8 Å². The van der Waals surface area contributed by atoms with E-state index in [9.17, 15) is 9.59 Å². The number of imide groups is 1. The fraction of sp³-hybridized carbons (Fsp3) is 0.429. The molecule has 0 aliphatic carbocycles. The summed E-state index contributed by atoms with van der Waals surface area (Å²) < 4.78 is 5.41. The topological polar surface area (TPSA) is 107 Å². The van der Waals surface area contributed by atoms with Crippen LogP contribution < -0.4 is 21.5 Å². The fourth-order valence-corrected chi connectivity index (χ4v) is 1.61. The Morgan fingerprint density at radius 1 is 1.25 bits per heavy atom. The molecule has 20 heavy (non-hydrogen) atoms. The van der Waals surface area contributed by atoms with Crippen molar-refractivity contribution in [1.29, 1.82) is 0 Å². The maximum atomic E-state index is 11.5. The van der Waals surface area contributed by atoms with Gasteiger partial charge in [0.25, 0.3) is 5.91 Å². The van der Waals surface area contributed by atoms with E-state index in [0.717, 1.165) is 18.4 Å². The minimum Gasteiger partial charge on any atom is -0.481 e. The predicted octanol–water partition coefficient (Wildman–Crippen LogP) is 0.929. The van der Waals surface area contributed by atoms with E-state index < -0.39 is 18.0 Å². The van der Waals surface area contributed by atoms with Gasteiger partial charge in [0.05, 0.1) is 0 Å². The highest BCUT2D eigenvalue weighted by atomic mass is 16.5. The summed E-state index contributed by atoms with van der Waals surface area (Å²) in [5.41, 5.74) is 11.7. The van der Waals surface area contributed by atoms with Gasteiger partial charge in [-0.25, -0.2) is 4.79 Å². The smallest absolute Gasteiger partial charge is 0.318 e. The minimum atomic E-state index is -0.892. The molecule has 3 amide bonds. The first-order chi connectivity index (χ1) is 9.38. The van der Waals surface area contributed by atoms with Crippen molar-refractivity contribution < 1.29 is 14.3 Å². The van der Waals surface area contributed by atoms with Gasteiger partial charge in [-0.3, -0.25) is 10.1 Å². The maximum Gasteiger partial charge on any atom is 0.318 e. The van der Waals surface area contributed by atoms with Crippen LogP contribution in [0, 0.1) is 0 Å². The molecule has 6 heteroatoms. The van der Waals surface area contributed by atoms with Gasteiger partial charge in [0.1, 0.15) is 5.75 Å². The number of rotatable bonds is 6. The monoisotopic (exact) mass is 279 g/mol. The van der Waals surface area contributed by atoms with Crippen LogP contribution in [0.4, 0.5) is 4.79 Å². The Bertz CT molecular complexity index is 457. The van der Waals surface area contributed by atoms with Crippen LogP contribution in [0.1, 0.15) is 25.8 Å². The molecule has 1 aromatic carbocycles. The normalized spacial score (nSPS) is 13.3. The quantitative estimate of drug-likeness (QED) is 0.719. The molecular formula is C14H21N3O3. The summed E-state index contributed by atoms with van der Waals surface area (Å²) in [7, 11) is 0. The van der Waals surface area contributed by atoms with Crippen LogP contribution in [0.5, 0.6) is 5.75 Å². The number of benzene rings is 1. The van der Waals surface area contributed by atoms with Crippen molar-refractivity contribution in [2.75, 3.05) is 0 Å². The summed E-state index contributed by atoms with van der Waals surface area (Å²) in [5.74, 6) is -0.0137. The number of aryl methyl sites for hydroxylation is 1. The Kier molecular flexibility index (Phi) is 5.99. The van der Waals surface area contributed by atoms with Crippen molar-refractivity contribution >= 4 is 11.9 Å². The zero-order valence-corrected chi connectivity index (χ0v) is 11.8. The molecule has 0 bridgehead atoms. The first-order valence-corrected chi connectivity index (χ1v) is 6.50. The molecule has 1 rings (SSSR count). The average molecular weight is 279 g/mol. The Morgan fingerprint density at radius 2 is 1.85 bits per heavy atom. The highest BCUT2D eigenvalue weighted by Crippen LogP contribution is 2.15. The third kappa shape index (κ3) is 5.71. The van der Waals surface area contributed by atoms with Crippen molar-refractivity contribution in [3.63, 3.8) is 0 Å². The molecule has 0 aliphatic rings. The summed E-state index contributed by atoms with van der Waals surface area (Å²) >= 11 is 0. The van der Waals surface area contributed by atoms with Crippen LogP contribution in [0.3, 0.4) is 0 Å². The van der Waals surface area contributed by atoms with E-state index in [1.165, 1.54) is 0 Å². The van der Waals surface area contributed by atoms with Gasteiger partial charge >= 0.3 is 6.03 Å². The summed E-state index contributed by atoms with van der Waals surface area (Å²) in [5, 5.41) is 1.97. The largest absolute Gasteiger partial charge is 0.481 e. The molecular weight excluding hydrogens is 258 g/mol. The van der Waals surface area contributed by atoms with Gasteiger partial charge < -0.3 is 16.2 Å². The summed E-state index contributed by atoms with van der Waals surface area (Å²) in [6, 6.07) is 6.70. The molecule has 0 aliphatic heterocycles. The highest BCUT2D eigenvalue weighted by Gasteiger charge is 2.15. The number of ether oxygens (including phenoxy) is 1. The first-order valence-electron chi connectivity index (χ1n) is 6.50. The molecule has 0 heterocycles. The average Bonchev–Trinajstić information content (AvgIpc) is 2.37. The van der Waals surface area contributed by atoms with Gasteiger partial charge in [0.15, 0.2) is 6.10 Å². The Balaban J connectivity index is 2.52. The number of nitrogens with two attached hydrogens (primary N) is 2. The number of carbonyl (C=O) groups excluding carboxylic acids is 2. The molecule has 0 radical (unpaired) electrons. The predicted molar refractivity (Wildman–Crippen MR) is 76.2 cm³/mol. The first kappa shape index (κ1) is 16.0. The third-order valence-electron chi connectivity index (χ3n) is 2.74. The molecule has 0 spiro atoms. The van der Waals surface area contributed by atoms with Gasteiger partial charge in [0, 0.05) is 6.04 Å². The number of amides is 3. The van der Waals surface area contributed by atoms with E-state index in [1.54, 1.807) is 19.1 Å². The molecule has 0 saturated heterocycles. The van der Waals surface area contributed by atoms with Crippen molar-refractivity contribution in [3.05, 3.63) is 29.8 Å². The van der Waals surface area contributed by atoms with Gasteiger partial charge in [-0.2, -0.15) is 0 Å². The molecule has 0 saturated carbocycles. The van der Waals surface area contributed by atoms with E-state index in [-0.39, 0.29) is 6.04 Å². The van der Waals surface area contributed by atoms with Gasteiger partial charge in [-0.05, 0) is 44.4 Å². The lowest BCUT2D eigenvalue weighted by Gasteiger charge is -2.13. The second-order valence-electron chi connectivity index (χ2n) is 4.77. The van der Waals surface area contributed by atoms with Crippen molar-refractivity contribution in [2.24, 2.45) is 11.5 Å². The van der Waals surface area contributed by atoms with E-state index in [0.29, 0.717) is 5.75 Å². The zero-order valence-electron chi connectivity index (χ0n) is 11.8. The third-order valence-corrected chi connectivity index (χ3v) is 2.74. The SMILES string of the molecule is CC(N)CCc1ccc(OC(C)C(=O)NC(N)=O)cc1. The number of hydrogen-bond acceptors (Lipinski definition) is 4. The molecule has 110 valence electrons. The van der Waals surface area contributed by atoms with Crippen molar-refractivity contribution in [1.82, 2.24) is 5.32 Å². The second-order valence-corrected chi connectivity index (χ2v) is 4.77. The number of carbonyl (C=O) groups is 2. The number of urea groups is 1. The molecule has 5 N–H and O–H groups in total. The Hall–Kier alpha value is -2.08. The van der Waals surface area contributed by atoms with Crippen LogP contribution in [0.2, 0.25) is 0 Å². The molecule has 1 aromatic rings. The summed E-state index contributed by atoms with van der Waals surface area (Å²) in [6.07, 6.45) is 1.02. The Morgan fingerprint density at radius 3 is 2.35 bits per heavy atom. The standard InChI is InChI=1S/C14H21N3O3/c1-9(15)3-4-11-5-7-12(8-6-11)20-10(2)13(18)17-14(16)19/h5-10H,3-4,15H2,1-2H3,(H3,16,17,18,19). The lowest BCUT2D eigenvalue weighted by atomic mass is 10.1. The lowest BCUT2D eigenvalue weighted by molar-refractivity contribution is -0.126. The van der Waals surface area contributed by atoms with E-state index >= 15 is 0 Å². The van der Waals surface area contributed by atoms with E-state index in [1.807, 2.05) is 24.4 Å². The minimum absolute atomic E-state index is 0.170. The summed E-state index contributed by atoms with van der Waals surface area (Å²) in [4.78, 5) is 22.0. The van der Waals surface area contributed by atoms with Gasteiger partial charge in [-0.1, -0.05) is 12.1 Å². The number of hydrogen-bond donors (Lipinski definition) is 3. The molecule has 0 fully saturated rings. The van der Waals surface area contributed by atoms with E-state index in [4.69, 9.17) is 16.2 Å².